The van der Waals surface area contributed by atoms with Gasteiger partial charge in [-0.25, -0.2) is 9.97 Å². The van der Waals surface area contributed by atoms with Crippen LogP contribution >= 0.6 is 46.0 Å². The van der Waals surface area contributed by atoms with Gasteiger partial charge in [0.15, 0.2) is 0 Å². The molecule has 1 atom stereocenters. The third kappa shape index (κ3) is 3.07. The number of thioether (sulfide) groups is 1. The first kappa shape index (κ1) is 13.9. The van der Waals surface area contributed by atoms with Gasteiger partial charge in [-0.3, -0.25) is 0 Å². The van der Waals surface area contributed by atoms with Gasteiger partial charge in [-0.1, -0.05) is 32.4 Å². The Kier molecular flexibility index (Phi) is 4.25. The van der Waals surface area contributed by atoms with Crippen LogP contribution in [0.5, 0.6) is 0 Å². The normalized spacial score (nSPS) is 20.9. The van der Waals surface area contributed by atoms with Crippen LogP contribution in [0, 0.1) is 3.57 Å². The van der Waals surface area contributed by atoms with Crippen LogP contribution in [0.2, 0.25) is 5.15 Å². The van der Waals surface area contributed by atoms with Gasteiger partial charge in [-0.05, 0) is 41.2 Å². The van der Waals surface area contributed by atoms with Crippen molar-refractivity contribution in [1.82, 2.24) is 9.97 Å². The van der Waals surface area contributed by atoms with E-state index < -0.39 is 0 Å². The van der Waals surface area contributed by atoms with Crippen molar-refractivity contribution in [3.8, 4) is 0 Å². The van der Waals surface area contributed by atoms with Gasteiger partial charge in [0.25, 0.3) is 0 Å². The van der Waals surface area contributed by atoms with Crippen LogP contribution in [0.25, 0.3) is 0 Å². The first-order valence-electron chi connectivity index (χ1n) is 5.74. The number of aromatic nitrogens is 2. The van der Waals surface area contributed by atoms with Crippen molar-refractivity contribution in [2.75, 3.05) is 5.75 Å². The lowest BCUT2D eigenvalue weighted by Crippen LogP contribution is -2.18. The Balaban J connectivity index is 2.45. The minimum absolute atomic E-state index is 0.0150. The molecule has 1 aliphatic rings. The number of halogens is 2. The van der Waals surface area contributed by atoms with Gasteiger partial charge < -0.3 is 0 Å². The van der Waals surface area contributed by atoms with E-state index in [0.717, 1.165) is 15.1 Å². The average Bonchev–Trinajstić information content (AvgIpc) is 2.73. The summed E-state index contributed by atoms with van der Waals surface area (Å²) in [4.78, 5) is 9.22. The molecule has 94 valence electrons. The van der Waals surface area contributed by atoms with Gasteiger partial charge in [0.1, 0.15) is 11.0 Å². The van der Waals surface area contributed by atoms with Crippen LogP contribution in [0.1, 0.15) is 50.4 Å². The fourth-order valence-electron chi connectivity index (χ4n) is 1.86. The second kappa shape index (κ2) is 5.21. The maximum Gasteiger partial charge on any atom is 0.146 e. The van der Waals surface area contributed by atoms with Crippen LogP contribution in [-0.2, 0) is 5.41 Å². The highest BCUT2D eigenvalue weighted by Crippen LogP contribution is 2.40. The Morgan fingerprint density at radius 1 is 1.35 bits per heavy atom. The van der Waals surface area contributed by atoms with Crippen molar-refractivity contribution in [3.05, 3.63) is 20.2 Å². The van der Waals surface area contributed by atoms with Crippen LogP contribution in [0.3, 0.4) is 0 Å². The van der Waals surface area contributed by atoms with Crippen molar-refractivity contribution in [3.63, 3.8) is 0 Å². The van der Waals surface area contributed by atoms with Crippen molar-refractivity contribution >= 4 is 46.0 Å². The monoisotopic (exact) mass is 382 g/mol. The van der Waals surface area contributed by atoms with Crippen molar-refractivity contribution < 1.29 is 0 Å². The van der Waals surface area contributed by atoms with Gasteiger partial charge in [0, 0.05) is 5.41 Å². The first-order chi connectivity index (χ1) is 7.89. The molecule has 17 heavy (non-hydrogen) atoms. The van der Waals surface area contributed by atoms with Crippen LogP contribution in [-0.4, -0.2) is 15.7 Å². The van der Waals surface area contributed by atoms with Crippen LogP contribution in [0.15, 0.2) is 0 Å². The molecule has 1 aliphatic heterocycles. The summed E-state index contributed by atoms with van der Waals surface area (Å²) < 4.78 is 0.989. The molecule has 1 fully saturated rings. The largest absolute Gasteiger partial charge is 0.235 e. The molecular weight excluding hydrogens is 367 g/mol. The molecule has 1 aromatic heterocycles. The molecule has 0 saturated carbocycles. The lowest BCUT2D eigenvalue weighted by atomic mass is 9.92. The summed E-state index contributed by atoms with van der Waals surface area (Å²) in [7, 11) is 0. The third-order valence-corrected chi connectivity index (χ3v) is 5.74. The quantitative estimate of drug-likeness (QED) is 0.524. The molecule has 0 amide bonds. The van der Waals surface area contributed by atoms with E-state index in [2.05, 4.69) is 48.3 Å². The summed E-state index contributed by atoms with van der Waals surface area (Å²) in [5, 5.41) is 1.04. The first-order valence-corrected chi connectivity index (χ1v) is 8.25. The standard InChI is InChI=1S/C12H16ClIN2S/c1-12(2,3)9-8(14)10(13)16-11(15-9)7-5-4-6-17-7/h7H,4-6H2,1-3H3. The summed E-state index contributed by atoms with van der Waals surface area (Å²) in [6.45, 7) is 6.50. The van der Waals surface area contributed by atoms with E-state index in [4.69, 9.17) is 16.6 Å². The number of hydrogen-bond acceptors (Lipinski definition) is 3. The van der Waals surface area contributed by atoms with Crippen LogP contribution < -0.4 is 0 Å². The Labute approximate surface area is 125 Å². The molecule has 2 heterocycles. The smallest absolute Gasteiger partial charge is 0.146 e. The van der Waals surface area contributed by atoms with Crippen molar-refractivity contribution in [2.24, 2.45) is 0 Å². The molecule has 0 bridgehead atoms. The molecule has 2 rings (SSSR count). The maximum atomic E-state index is 6.24. The number of rotatable bonds is 1. The van der Waals surface area contributed by atoms with E-state index in [1.54, 1.807) is 0 Å². The lowest BCUT2D eigenvalue weighted by molar-refractivity contribution is 0.556. The average molecular weight is 383 g/mol. The van der Waals surface area contributed by atoms with E-state index in [9.17, 15) is 0 Å². The SMILES string of the molecule is CC(C)(C)c1nc(C2CCCS2)nc(Cl)c1I. The highest BCUT2D eigenvalue weighted by atomic mass is 127. The van der Waals surface area contributed by atoms with Gasteiger partial charge in [-0.15, -0.1) is 0 Å². The van der Waals surface area contributed by atoms with E-state index >= 15 is 0 Å². The second-order valence-electron chi connectivity index (χ2n) is 5.29. The molecule has 1 unspecified atom stereocenters. The Morgan fingerprint density at radius 3 is 2.59 bits per heavy atom. The van der Waals surface area contributed by atoms with Crippen molar-refractivity contribution in [1.29, 1.82) is 0 Å². The molecule has 0 aromatic carbocycles. The fourth-order valence-corrected chi connectivity index (χ4v) is 4.29. The summed E-state index contributed by atoms with van der Waals surface area (Å²) in [6, 6.07) is 0. The highest BCUT2D eigenvalue weighted by molar-refractivity contribution is 14.1. The summed E-state index contributed by atoms with van der Waals surface area (Å²) in [5.41, 5.74) is 1.09. The Morgan fingerprint density at radius 2 is 2.06 bits per heavy atom. The molecule has 0 spiro atoms. The van der Waals surface area contributed by atoms with Gasteiger partial charge in [-0.2, -0.15) is 11.8 Å². The van der Waals surface area contributed by atoms with Crippen LogP contribution in [0.4, 0.5) is 0 Å². The van der Waals surface area contributed by atoms with E-state index in [1.165, 1.54) is 18.6 Å². The molecular formula is C12H16ClIN2S. The molecule has 2 nitrogen and oxygen atoms in total. The lowest BCUT2D eigenvalue weighted by Gasteiger charge is -2.21. The Hall–Kier alpha value is 0.450. The molecule has 0 N–H and O–H groups in total. The summed E-state index contributed by atoms with van der Waals surface area (Å²) in [6.07, 6.45) is 2.43. The van der Waals surface area contributed by atoms with Gasteiger partial charge in [0.05, 0.1) is 14.5 Å². The van der Waals surface area contributed by atoms with E-state index in [0.29, 0.717) is 10.4 Å². The minimum atomic E-state index is 0.0150. The predicted molar refractivity (Wildman–Crippen MR) is 82.9 cm³/mol. The molecule has 1 aromatic rings. The molecule has 0 aliphatic carbocycles. The summed E-state index contributed by atoms with van der Waals surface area (Å²) in [5.74, 6) is 2.13. The Bertz CT molecular complexity index is 425. The topological polar surface area (TPSA) is 25.8 Å². The zero-order chi connectivity index (χ0) is 12.6. The third-order valence-electron chi connectivity index (χ3n) is 2.76. The van der Waals surface area contributed by atoms with Gasteiger partial charge in [0.2, 0.25) is 0 Å². The fraction of sp³-hybridized carbons (Fsp3) is 0.667. The second-order valence-corrected chi connectivity index (χ2v) is 8.03. The summed E-state index contributed by atoms with van der Waals surface area (Å²) >= 11 is 10.4. The molecule has 0 radical (unpaired) electrons. The van der Waals surface area contributed by atoms with E-state index in [1.807, 2.05) is 11.8 Å². The van der Waals surface area contributed by atoms with Gasteiger partial charge >= 0.3 is 0 Å². The zero-order valence-corrected chi connectivity index (χ0v) is 14.0. The van der Waals surface area contributed by atoms with E-state index in [-0.39, 0.29) is 5.41 Å². The zero-order valence-electron chi connectivity index (χ0n) is 10.3. The highest BCUT2D eigenvalue weighted by Gasteiger charge is 2.26. The number of hydrogen-bond donors (Lipinski definition) is 0. The van der Waals surface area contributed by atoms with Crippen molar-refractivity contribution in [2.45, 2.75) is 44.3 Å². The predicted octanol–water partition coefficient (Wildman–Crippen LogP) is 4.60. The molecule has 5 heteroatoms. The minimum Gasteiger partial charge on any atom is -0.235 e. The maximum absolute atomic E-state index is 6.24. The number of nitrogens with zero attached hydrogens (tertiary/aromatic N) is 2. The molecule has 1 saturated heterocycles.